The summed E-state index contributed by atoms with van der Waals surface area (Å²) in [7, 11) is 0. The molecule has 0 aromatic carbocycles. The van der Waals surface area contributed by atoms with Gasteiger partial charge in [0.25, 0.3) is 0 Å². The molecule has 0 aliphatic carbocycles. The fourth-order valence-electron chi connectivity index (χ4n) is 2.15. The first-order valence-electron chi connectivity index (χ1n) is 5.59. The minimum absolute atomic E-state index is 0.187. The van der Waals surface area contributed by atoms with Gasteiger partial charge in [0.15, 0.2) is 0 Å². The zero-order valence-electron chi connectivity index (χ0n) is 9.39. The molecule has 2 aromatic heterocycles. The number of hydrogen-bond acceptors (Lipinski definition) is 6. The zero-order valence-corrected chi connectivity index (χ0v) is 11.0. The normalized spacial score (nSPS) is 28.0. The molecule has 1 fully saturated rings. The average Bonchev–Trinajstić information content (AvgIpc) is 2.96. The molecule has 3 rings (SSSR count). The third-order valence-electron chi connectivity index (χ3n) is 3.11. The molecule has 18 heavy (non-hydrogen) atoms. The van der Waals surface area contributed by atoms with Crippen LogP contribution in [-0.2, 0) is 4.74 Å². The first-order valence-corrected chi connectivity index (χ1v) is 6.88. The van der Waals surface area contributed by atoms with Gasteiger partial charge in [-0.05, 0) is 6.07 Å². The van der Waals surface area contributed by atoms with Gasteiger partial charge >= 0.3 is 0 Å². The van der Waals surface area contributed by atoms with Gasteiger partial charge in [-0.2, -0.15) is 0 Å². The molecule has 0 spiro atoms. The Bertz CT molecular complexity index is 624. The second kappa shape index (κ2) is 4.67. The van der Waals surface area contributed by atoms with Gasteiger partial charge in [0, 0.05) is 12.6 Å². The van der Waals surface area contributed by atoms with Crippen molar-refractivity contribution in [1.82, 2.24) is 9.55 Å². The number of thiazole rings is 1. The summed E-state index contributed by atoms with van der Waals surface area (Å²) in [6.07, 6.45) is 0.745. The van der Waals surface area contributed by atoms with Crippen LogP contribution in [-0.4, -0.2) is 38.6 Å². The summed E-state index contributed by atoms with van der Waals surface area (Å²) in [4.78, 5) is 4.20. The molecule has 2 aromatic rings. The number of fused-ring (bicyclic) bond motifs is 1. The molecular formula is C11H12N2O3S2. The average molecular weight is 284 g/mol. The molecule has 7 heteroatoms. The molecule has 96 valence electrons. The van der Waals surface area contributed by atoms with E-state index in [1.54, 1.807) is 5.51 Å². The Hall–Kier alpha value is -0.860. The molecule has 2 N–H and O–H groups in total. The van der Waals surface area contributed by atoms with Crippen molar-refractivity contribution in [2.75, 3.05) is 6.61 Å². The van der Waals surface area contributed by atoms with Crippen molar-refractivity contribution in [2.24, 2.45) is 0 Å². The Kier molecular flexibility index (Phi) is 3.16. The van der Waals surface area contributed by atoms with E-state index in [1.165, 1.54) is 11.3 Å². The van der Waals surface area contributed by atoms with E-state index in [0.717, 1.165) is 10.2 Å². The molecular weight excluding hydrogens is 272 g/mol. The predicted octanol–water partition coefficient (Wildman–Crippen LogP) is 1.47. The van der Waals surface area contributed by atoms with Crippen molar-refractivity contribution in [1.29, 1.82) is 0 Å². The Morgan fingerprint density at radius 1 is 1.61 bits per heavy atom. The minimum atomic E-state index is -0.654. The third kappa shape index (κ3) is 1.88. The van der Waals surface area contributed by atoms with Crippen LogP contribution < -0.4 is 0 Å². The van der Waals surface area contributed by atoms with Crippen LogP contribution in [0.3, 0.4) is 0 Å². The Labute approximate surface area is 112 Å². The van der Waals surface area contributed by atoms with Crippen molar-refractivity contribution >= 4 is 33.8 Å². The maximum absolute atomic E-state index is 9.74. The van der Waals surface area contributed by atoms with E-state index in [2.05, 4.69) is 4.98 Å². The largest absolute Gasteiger partial charge is 0.394 e. The highest BCUT2D eigenvalue weighted by Gasteiger charge is 2.34. The van der Waals surface area contributed by atoms with E-state index >= 15 is 0 Å². The van der Waals surface area contributed by atoms with Crippen LogP contribution in [0.1, 0.15) is 12.6 Å². The molecule has 3 atom stereocenters. The van der Waals surface area contributed by atoms with Crippen molar-refractivity contribution in [3.63, 3.8) is 0 Å². The molecule has 1 aliphatic heterocycles. The summed E-state index contributed by atoms with van der Waals surface area (Å²) in [6, 6.07) is 1.88. The molecule has 1 saturated heterocycles. The van der Waals surface area contributed by atoms with Crippen LogP contribution in [0.25, 0.3) is 10.2 Å². The molecule has 5 nitrogen and oxygen atoms in total. The lowest BCUT2D eigenvalue weighted by Gasteiger charge is -2.15. The summed E-state index contributed by atoms with van der Waals surface area (Å²) in [5.41, 5.74) is 2.63. The summed E-state index contributed by atoms with van der Waals surface area (Å²) in [5.74, 6) is 0. The number of ether oxygens (including phenoxy) is 1. The van der Waals surface area contributed by atoms with Crippen LogP contribution in [0.4, 0.5) is 0 Å². The number of nitrogens with zero attached hydrogens (tertiary/aromatic N) is 2. The molecule has 1 aliphatic rings. The Morgan fingerprint density at radius 3 is 3.17 bits per heavy atom. The number of hydrogen-bond donors (Lipinski definition) is 2. The number of pyridine rings is 1. The van der Waals surface area contributed by atoms with Crippen LogP contribution in [0.5, 0.6) is 0 Å². The molecule has 0 saturated carbocycles. The van der Waals surface area contributed by atoms with E-state index in [1.807, 2.05) is 16.8 Å². The van der Waals surface area contributed by atoms with Gasteiger partial charge in [-0.3, -0.25) is 0 Å². The third-order valence-corrected chi connectivity index (χ3v) is 4.50. The monoisotopic (exact) mass is 284 g/mol. The van der Waals surface area contributed by atoms with E-state index < -0.39 is 12.2 Å². The second-order valence-electron chi connectivity index (χ2n) is 4.21. The standard InChI is InChI=1S/C11H12N2O3S2/c14-4-8-7(15)3-9(16-8)13-2-1-6-10(11(13)17)18-5-12-6/h1-2,5,7-9,14-15H,3-4H2/t7?,8-,9?/m1/s1. The van der Waals surface area contributed by atoms with Gasteiger partial charge in [-0.15, -0.1) is 11.3 Å². The molecule has 3 heterocycles. The van der Waals surface area contributed by atoms with Gasteiger partial charge in [0.2, 0.25) is 0 Å². The SMILES string of the molecule is OC[C@H]1OC(n2ccc3ncsc3c2=S)CC1O. The van der Waals surface area contributed by atoms with Gasteiger partial charge in [-0.1, -0.05) is 12.2 Å². The van der Waals surface area contributed by atoms with E-state index in [-0.39, 0.29) is 12.8 Å². The summed E-state index contributed by atoms with van der Waals surface area (Å²) in [6.45, 7) is -0.187. The van der Waals surface area contributed by atoms with E-state index in [9.17, 15) is 5.11 Å². The lowest BCUT2D eigenvalue weighted by molar-refractivity contribution is -0.0447. The van der Waals surface area contributed by atoms with Crippen LogP contribution >= 0.6 is 23.6 Å². The molecule has 0 radical (unpaired) electrons. The predicted molar refractivity (Wildman–Crippen MR) is 70.1 cm³/mol. The molecule has 0 amide bonds. The highest BCUT2D eigenvalue weighted by atomic mass is 32.1. The second-order valence-corrected chi connectivity index (χ2v) is 5.45. The highest BCUT2D eigenvalue weighted by molar-refractivity contribution is 7.71. The fraction of sp³-hybridized carbons (Fsp3) is 0.455. The maximum atomic E-state index is 9.74. The maximum Gasteiger partial charge on any atom is 0.137 e. The van der Waals surface area contributed by atoms with Crippen molar-refractivity contribution in [3.05, 3.63) is 22.4 Å². The molecule has 2 unspecified atom stereocenters. The summed E-state index contributed by atoms with van der Waals surface area (Å²) >= 11 is 6.90. The van der Waals surface area contributed by atoms with Crippen LogP contribution in [0.2, 0.25) is 0 Å². The Morgan fingerprint density at radius 2 is 2.44 bits per heavy atom. The fourth-order valence-corrected chi connectivity index (χ4v) is 3.29. The zero-order chi connectivity index (χ0) is 12.7. The highest BCUT2D eigenvalue weighted by Crippen LogP contribution is 2.30. The van der Waals surface area contributed by atoms with Crippen molar-refractivity contribution < 1.29 is 14.9 Å². The summed E-state index contributed by atoms with van der Waals surface area (Å²) < 4.78 is 9.01. The lowest BCUT2D eigenvalue weighted by atomic mass is 10.2. The first kappa shape index (κ1) is 12.2. The van der Waals surface area contributed by atoms with Crippen molar-refractivity contribution in [2.45, 2.75) is 24.9 Å². The smallest absolute Gasteiger partial charge is 0.137 e. The number of aliphatic hydroxyl groups excluding tert-OH is 2. The van der Waals surface area contributed by atoms with Gasteiger partial charge < -0.3 is 19.5 Å². The number of aliphatic hydroxyl groups is 2. The van der Waals surface area contributed by atoms with E-state index in [0.29, 0.717) is 11.1 Å². The van der Waals surface area contributed by atoms with Gasteiger partial charge in [-0.25, -0.2) is 4.98 Å². The first-order chi connectivity index (χ1) is 8.70. The van der Waals surface area contributed by atoms with E-state index in [4.69, 9.17) is 22.1 Å². The number of aromatic nitrogens is 2. The van der Waals surface area contributed by atoms with Crippen molar-refractivity contribution in [3.8, 4) is 0 Å². The molecule has 0 bridgehead atoms. The topological polar surface area (TPSA) is 67.5 Å². The van der Waals surface area contributed by atoms with Crippen LogP contribution in [0, 0.1) is 4.64 Å². The van der Waals surface area contributed by atoms with Gasteiger partial charge in [0.1, 0.15) is 17.0 Å². The summed E-state index contributed by atoms with van der Waals surface area (Å²) in [5, 5.41) is 18.8. The quantitative estimate of drug-likeness (QED) is 0.817. The Balaban J connectivity index is 2.00. The minimum Gasteiger partial charge on any atom is -0.394 e. The van der Waals surface area contributed by atoms with Gasteiger partial charge in [0.05, 0.1) is 28.4 Å². The number of rotatable bonds is 2. The van der Waals surface area contributed by atoms with Crippen LogP contribution in [0.15, 0.2) is 17.8 Å². The lowest BCUT2D eigenvalue weighted by Crippen LogP contribution is -2.24.